The van der Waals surface area contributed by atoms with Crippen molar-refractivity contribution in [1.82, 2.24) is 4.90 Å². The molecule has 1 fully saturated rings. The number of hydrogen-bond donors (Lipinski definition) is 1. The molecule has 1 N–H and O–H groups in total. The number of carbonyl (C=O) groups excluding carboxylic acids is 1. The van der Waals surface area contributed by atoms with E-state index in [0.717, 1.165) is 22.3 Å². The highest BCUT2D eigenvalue weighted by Crippen LogP contribution is 2.39. The number of methoxy groups -OCH3 is 1. The molecule has 0 unspecified atom stereocenters. The second kappa shape index (κ2) is 10.0. The minimum absolute atomic E-state index is 0.00327. The molecule has 0 spiro atoms. The molecule has 0 aliphatic carbocycles. The Balaban J connectivity index is 1.97. The van der Waals surface area contributed by atoms with Gasteiger partial charge >= 0.3 is 0 Å². The van der Waals surface area contributed by atoms with E-state index in [2.05, 4.69) is 20.9 Å². The topological polar surface area (TPSA) is 71.4 Å². The summed E-state index contributed by atoms with van der Waals surface area (Å²) in [7, 11) is 1.61. The Morgan fingerprint density at radius 2 is 1.97 bits per heavy atom. The van der Waals surface area contributed by atoms with Crippen molar-refractivity contribution in [3.05, 3.63) is 51.3 Å². The van der Waals surface area contributed by atoms with Gasteiger partial charge in [0.05, 0.1) is 24.3 Å². The molecule has 1 aliphatic heterocycles. The third-order valence-electron chi connectivity index (χ3n) is 4.29. The van der Waals surface area contributed by atoms with Gasteiger partial charge in [-0.1, -0.05) is 22.9 Å². The van der Waals surface area contributed by atoms with Crippen LogP contribution in [0.2, 0.25) is 0 Å². The van der Waals surface area contributed by atoms with Gasteiger partial charge in [0.15, 0.2) is 16.7 Å². The summed E-state index contributed by atoms with van der Waals surface area (Å²) in [6.45, 7) is 4.85. The number of hydrogen-bond acceptors (Lipinski definition) is 6. The summed E-state index contributed by atoms with van der Waals surface area (Å²) in [5.41, 5.74) is 1.24. The largest absolute Gasteiger partial charge is 0.504 e. The second-order valence-electron chi connectivity index (χ2n) is 6.43. The quantitative estimate of drug-likeness (QED) is 0.513. The molecule has 0 bridgehead atoms. The molecule has 0 atom stereocenters. The van der Waals surface area contributed by atoms with Crippen LogP contribution in [0.25, 0.3) is 6.08 Å². The summed E-state index contributed by atoms with van der Waals surface area (Å²) < 4.78 is 11.4. The fourth-order valence-electron chi connectivity index (χ4n) is 2.89. The van der Waals surface area contributed by atoms with E-state index in [4.69, 9.17) is 9.47 Å². The van der Waals surface area contributed by atoms with Crippen molar-refractivity contribution >= 4 is 50.5 Å². The minimum Gasteiger partial charge on any atom is -0.504 e. The number of phenols is 1. The number of rotatable bonds is 7. The van der Waals surface area contributed by atoms with E-state index in [-0.39, 0.29) is 11.7 Å². The molecule has 158 valence electrons. The lowest BCUT2D eigenvalue weighted by Gasteiger charge is -2.14. The first kappa shape index (κ1) is 22.2. The van der Waals surface area contributed by atoms with Crippen molar-refractivity contribution in [3.63, 3.8) is 0 Å². The van der Waals surface area contributed by atoms with Gasteiger partial charge in [-0.05, 0) is 67.6 Å². The molecular formula is C22H23BrN2O4S. The fraction of sp³-hybridized carbons (Fsp3) is 0.273. The Morgan fingerprint density at radius 3 is 2.60 bits per heavy atom. The van der Waals surface area contributed by atoms with E-state index in [1.165, 1.54) is 11.8 Å². The number of benzene rings is 2. The van der Waals surface area contributed by atoms with E-state index in [1.807, 2.05) is 38.1 Å². The zero-order valence-corrected chi connectivity index (χ0v) is 19.4. The van der Waals surface area contributed by atoms with E-state index in [1.54, 1.807) is 30.2 Å². The van der Waals surface area contributed by atoms with E-state index in [0.29, 0.717) is 34.5 Å². The number of amides is 1. The Morgan fingerprint density at radius 1 is 1.23 bits per heavy atom. The maximum Gasteiger partial charge on any atom is 0.266 e. The summed E-state index contributed by atoms with van der Waals surface area (Å²) in [6, 6.07) is 10.8. The number of phenolic OH excluding ortho intramolecular Hbond substituents is 1. The van der Waals surface area contributed by atoms with Gasteiger partial charge in [-0.15, -0.1) is 0 Å². The van der Waals surface area contributed by atoms with Crippen LogP contribution in [0.5, 0.6) is 17.2 Å². The van der Waals surface area contributed by atoms with E-state index < -0.39 is 0 Å². The molecule has 1 saturated heterocycles. The van der Waals surface area contributed by atoms with Crippen molar-refractivity contribution in [3.8, 4) is 17.2 Å². The van der Waals surface area contributed by atoms with Crippen LogP contribution < -0.4 is 9.47 Å². The Labute approximate surface area is 188 Å². The number of nitrogens with zero attached hydrogens (tertiary/aromatic N) is 2. The van der Waals surface area contributed by atoms with Crippen LogP contribution in [-0.2, 0) is 4.79 Å². The second-order valence-corrected chi connectivity index (χ2v) is 8.36. The lowest BCUT2D eigenvalue weighted by atomic mass is 10.1. The van der Waals surface area contributed by atoms with Gasteiger partial charge in [-0.25, -0.2) is 4.99 Å². The van der Waals surface area contributed by atoms with E-state index >= 15 is 0 Å². The molecule has 0 aromatic heterocycles. The van der Waals surface area contributed by atoms with Crippen LogP contribution in [0.1, 0.15) is 25.8 Å². The minimum atomic E-state index is -0.133. The third-order valence-corrected chi connectivity index (χ3v) is 5.75. The van der Waals surface area contributed by atoms with Crippen LogP contribution in [0, 0.1) is 0 Å². The molecule has 1 aliphatic rings. The summed E-state index contributed by atoms with van der Waals surface area (Å²) >= 11 is 4.72. The number of carbonyl (C=O) groups is 1. The number of halogens is 1. The molecule has 2 aromatic rings. The van der Waals surface area contributed by atoms with Crippen molar-refractivity contribution in [2.24, 2.45) is 4.99 Å². The van der Waals surface area contributed by atoms with Gasteiger partial charge in [0.2, 0.25) is 0 Å². The van der Waals surface area contributed by atoms with Crippen molar-refractivity contribution in [2.45, 2.75) is 20.3 Å². The summed E-state index contributed by atoms with van der Waals surface area (Å²) in [5.74, 6) is 0.983. The third kappa shape index (κ3) is 4.99. The average molecular weight is 491 g/mol. The highest BCUT2D eigenvalue weighted by molar-refractivity contribution is 9.10. The summed E-state index contributed by atoms with van der Waals surface area (Å²) in [5, 5.41) is 11.2. The van der Waals surface area contributed by atoms with Gasteiger partial charge in [0, 0.05) is 16.6 Å². The van der Waals surface area contributed by atoms with Crippen LogP contribution >= 0.6 is 27.7 Å². The maximum atomic E-state index is 13.0. The number of amidine groups is 1. The molecule has 1 heterocycles. The zero-order valence-electron chi connectivity index (χ0n) is 17.0. The monoisotopic (exact) mass is 490 g/mol. The molecule has 6 nitrogen and oxygen atoms in total. The number of ether oxygens (including phenoxy) is 2. The smallest absolute Gasteiger partial charge is 0.266 e. The maximum absolute atomic E-state index is 13.0. The first-order valence-electron chi connectivity index (χ1n) is 9.56. The van der Waals surface area contributed by atoms with Crippen LogP contribution in [-0.4, -0.2) is 41.3 Å². The van der Waals surface area contributed by atoms with Gasteiger partial charge in [-0.2, -0.15) is 0 Å². The highest BCUT2D eigenvalue weighted by atomic mass is 79.9. The van der Waals surface area contributed by atoms with Crippen molar-refractivity contribution < 1.29 is 19.4 Å². The average Bonchev–Trinajstić information content (AvgIpc) is 3.01. The predicted octanol–water partition coefficient (Wildman–Crippen LogP) is 5.58. The normalized spacial score (nSPS) is 16.5. The van der Waals surface area contributed by atoms with Crippen molar-refractivity contribution in [2.75, 3.05) is 20.3 Å². The lowest BCUT2D eigenvalue weighted by molar-refractivity contribution is -0.122. The van der Waals surface area contributed by atoms with Gasteiger partial charge in [0.1, 0.15) is 5.75 Å². The summed E-state index contributed by atoms with van der Waals surface area (Å²) in [6.07, 6.45) is 2.48. The molecule has 0 radical (unpaired) electrons. The van der Waals surface area contributed by atoms with Crippen LogP contribution in [0.3, 0.4) is 0 Å². The number of aromatic hydroxyl groups is 1. The number of aliphatic imine (C=N–C) groups is 1. The SMILES string of the molecule is CCCN1C(=O)/C(=C\c2cc(Br)cc(OCC)c2O)SC1=Nc1ccc(OC)cc1. The fourth-order valence-corrected chi connectivity index (χ4v) is 4.36. The Hall–Kier alpha value is -2.45. The zero-order chi connectivity index (χ0) is 21.7. The van der Waals surface area contributed by atoms with Gasteiger partial charge in [-0.3, -0.25) is 9.69 Å². The Bertz CT molecular complexity index is 989. The summed E-state index contributed by atoms with van der Waals surface area (Å²) in [4.78, 5) is 19.8. The first-order chi connectivity index (χ1) is 14.5. The van der Waals surface area contributed by atoms with E-state index in [9.17, 15) is 9.90 Å². The first-order valence-corrected chi connectivity index (χ1v) is 11.2. The van der Waals surface area contributed by atoms with Crippen molar-refractivity contribution in [1.29, 1.82) is 0 Å². The molecule has 3 rings (SSSR count). The standard InChI is InChI=1S/C22H23BrN2O4S/c1-4-10-25-21(27)19(12-14-11-15(23)13-18(20(14)26)29-5-2)30-22(25)24-16-6-8-17(28-3)9-7-16/h6-9,11-13,26H,4-5,10H2,1-3H3/b19-12+,24-22?. The highest BCUT2D eigenvalue weighted by Gasteiger charge is 2.33. The lowest BCUT2D eigenvalue weighted by Crippen LogP contribution is -2.29. The van der Waals surface area contributed by atoms with Crippen LogP contribution in [0.4, 0.5) is 5.69 Å². The molecule has 8 heteroatoms. The molecule has 2 aromatic carbocycles. The molecule has 0 saturated carbocycles. The molecule has 30 heavy (non-hydrogen) atoms. The number of thioether (sulfide) groups is 1. The van der Waals surface area contributed by atoms with Gasteiger partial charge in [0.25, 0.3) is 5.91 Å². The van der Waals surface area contributed by atoms with Gasteiger partial charge < -0.3 is 14.6 Å². The molecular weight excluding hydrogens is 468 g/mol. The predicted molar refractivity (Wildman–Crippen MR) is 125 cm³/mol. The molecule has 1 amide bonds. The van der Waals surface area contributed by atoms with Crippen LogP contribution in [0.15, 0.2) is 50.8 Å². The Kier molecular flexibility index (Phi) is 7.44.